The molecule has 1 amide bonds. The summed E-state index contributed by atoms with van der Waals surface area (Å²) in [5, 5.41) is 3.24. The Bertz CT molecular complexity index is 453. The normalized spacial score (nSPS) is 18.3. The third-order valence-electron chi connectivity index (χ3n) is 3.61. The molecule has 0 bridgehead atoms. The Balaban J connectivity index is 2.31. The van der Waals surface area contributed by atoms with E-state index in [0.717, 1.165) is 22.9 Å². The summed E-state index contributed by atoms with van der Waals surface area (Å²) < 4.78 is 6.49. The number of carbonyl (C=O) groups is 1. The molecule has 1 aliphatic heterocycles. The van der Waals surface area contributed by atoms with Crippen molar-refractivity contribution in [3.63, 3.8) is 0 Å². The van der Waals surface area contributed by atoms with Crippen LogP contribution in [0, 0.1) is 5.92 Å². The molecule has 0 unspecified atom stereocenters. The Labute approximate surface area is 122 Å². The summed E-state index contributed by atoms with van der Waals surface area (Å²) in [6.45, 7) is 5.21. The highest BCUT2D eigenvalue weighted by molar-refractivity contribution is 9.10. The first kappa shape index (κ1) is 14.5. The van der Waals surface area contributed by atoms with E-state index in [1.54, 1.807) is 0 Å². The minimum Gasteiger partial charge on any atom is -0.381 e. The van der Waals surface area contributed by atoms with Crippen molar-refractivity contribution in [3.8, 4) is 0 Å². The average Bonchev–Trinajstić information content (AvgIpc) is 2.39. The first-order valence-corrected chi connectivity index (χ1v) is 7.49. The Hall–Kier alpha value is -0.870. The van der Waals surface area contributed by atoms with Crippen molar-refractivity contribution in [2.24, 2.45) is 5.92 Å². The Morgan fingerprint density at radius 1 is 1.37 bits per heavy atom. The van der Waals surface area contributed by atoms with Crippen LogP contribution in [-0.4, -0.2) is 19.1 Å². The minimum absolute atomic E-state index is 0.00753. The smallest absolute Gasteiger partial charge is 0.223 e. The third kappa shape index (κ3) is 3.37. The lowest BCUT2D eigenvalue weighted by Gasteiger charge is -2.39. The summed E-state index contributed by atoms with van der Waals surface area (Å²) in [7, 11) is 0. The van der Waals surface area contributed by atoms with Crippen LogP contribution in [0.1, 0.15) is 32.3 Å². The monoisotopic (exact) mass is 325 g/mol. The Morgan fingerprint density at radius 3 is 2.63 bits per heavy atom. The molecule has 1 saturated heterocycles. The van der Waals surface area contributed by atoms with Gasteiger partial charge in [0.15, 0.2) is 0 Å². The molecule has 1 aromatic carbocycles. The molecule has 1 N–H and O–H groups in total. The first-order chi connectivity index (χ1) is 9.03. The second-order valence-corrected chi connectivity index (χ2v) is 6.26. The highest BCUT2D eigenvalue weighted by Gasteiger charge is 2.36. The van der Waals surface area contributed by atoms with Crippen molar-refractivity contribution < 1.29 is 9.53 Å². The molecule has 0 aromatic heterocycles. The Morgan fingerprint density at radius 2 is 2.05 bits per heavy atom. The number of halogens is 1. The largest absolute Gasteiger partial charge is 0.381 e. The molecule has 0 saturated carbocycles. The van der Waals surface area contributed by atoms with Crippen LogP contribution in [0.2, 0.25) is 0 Å². The third-order valence-corrected chi connectivity index (χ3v) is 4.10. The van der Waals surface area contributed by atoms with Crippen molar-refractivity contribution in [2.45, 2.75) is 32.2 Å². The van der Waals surface area contributed by atoms with Gasteiger partial charge in [-0.25, -0.2) is 0 Å². The Kier molecular flexibility index (Phi) is 4.63. The molecular formula is C15H20BrNO2. The van der Waals surface area contributed by atoms with E-state index in [1.165, 1.54) is 0 Å². The van der Waals surface area contributed by atoms with E-state index in [0.29, 0.717) is 13.2 Å². The summed E-state index contributed by atoms with van der Waals surface area (Å²) in [5.41, 5.74) is 0.864. The van der Waals surface area contributed by atoms with E-state index in [1.807, 2.05) is 26.0 Å². The van der Waals surface area contributed by atoms with E-state index in [4.69, 9.17) is 4.74 Å². The SMILES string of the molecule is CC(C)C(=O)NC1(c2cccc(Br)c2)CCOCC1. The van der Waals surface area contributed by atoms with E-state index in [2.05, 4.69) is 33.4 Å². The molecule has 4 heteroatoms. The highest BCUT2D eigenvalue weighted by atomic mass is 79.9. The number of hydrogen-bond donors (Lipinski definition) is 1. The van der Waals surface area contributed by atoms with Crippen LogP contribution in [0.3, 0.4) is 0 Å². The van der Waals surface area contributed by atoms with Crippen LogP contribution in [0.4, 0.5) is 0 Å². The number of carbonyl (C=O) groups excluding carboxylic acids is 1. The summed E-state index contributed by atoms with van der Waals surface area (Å²) in [6.07, 6.45) is 1.64. The van der Waals surface area contributed by atoms with Gasteiger partial charge < -0.3 is 10.1 Å². The van der Waals surface area contributed by atoms with Gasteiger partial charge in [-0.05, 0) is 30.5 Å². The number of ether oxygens (including phenoxy) is 1. The molecule has 1 fully saturated rings. The maximum atomic E-state index is 12.1. The molecule has 1 aliphatic rings. The average molecular weight is 326 g/mol. The fourth-order valence-electron chi connectivity index (χ4n) is 2.37. The number of nitrogens with one attached hydrogen (secondary N) is 1. The minimum atomic E-state index is -0.288. The van der Waals surface area contributed by atoms with Gasteiger partial charge in [0.05, 0.1) is 5.54 Å². The van der Waals surface area contributed by atoms with Crippen molar-refractivity contribution in [1.29, 1.82) is 0 Å². The molecule has 19 heavy (non-hydrogen) atoms. The number of rotatable bonds is 3. The lowest BCUT2D eigenvalue weighted by Crippen LogP contribution is -2.50. The van der Waals surface area contributed by atoms with Gasteiger partial charge in [-0.15, -0.1) is 0 Å². The molecule has 104 valence electrons. The van der Waals surface area contributed by atoms with Crippen LogP contribution >= 0.6 is 15.9 Å². The van der Waals surface area contributed by atoms with Gasteiger partial charge in [-0.3, -0.25) is 4.79 Å². The fraction of sp³-hybridized carbons (Fsp3) is 0.533. The van der Waals surface area contributed by atoms with Gasteiger partial charge in [-0.2, -0.15) is 0 Å². The van der Waals surface area contributed by atoms with Gasteiger partial charge in [0.25, 0.3) is 0 Å². The highest BCUT2D eigenvalue weighted by Crippen LogP contribution is 2.33. The van der Waals surface area contributed by atoms with Crippen molar-refractivity contribution in [3.05, 3.63) is 34.3 Å². The summed E-state index contributed by atoms with van der Waals surface area (Å²) in [6, 6.07) is 8.18. The summed E-state index contributed by atoms with van der Waals surface area (Å²) in [4.78, 5) is 12.1. The van der Waals surface area contributed by atoms with E-state index < -0.39 is 0 Å². The van der Waals surface area contributed by atoms with Crippen LogP contribution < -0.4 is 5.32 Å². The summed E-state index contributed by atoms with van der Waals surface area (Å²) in [5.74, 6) is 0.0914. The lowest BCUT2D eigenvalue weighted by atomic mass is 9.82. The molecular weight excluding hydrogens is 306 g/mol. The first-order valence-electron chi connectivity index (χ1n) is 6.69. The van der Waals surface area contributed by atoms with E-state index in [-0.39, 0.29) is 17.4 Å². The maximum absolute atomic E-state index is 12.1. The fourth-order valence-corrected chi connectivity index (χ4v) is 2.77. The molecule has 0 spiro atoms. The second-order valence-electron chi connectivity index (χ2n) is 5.35. The maximum Gasteiger partial charge on any atom is 0.223 e. The van der Waals surface area contributed by atoms with Crippen LogP contribution in [0.5, 0.6) is 0 Å². The molecule has 0 aliphatic carbocycles. The van der Waals surface area contributed by atoms with Gasteiger partial charge in [0.1, 0.15) is 0 Å². The van der Waals surface area contributed by atoms with Gasteiger partial charge in [0, 0.05) is 23.6 Å². The molecule has 3 nitrogen and oxygen atoms in total. The van der Waals surface area contributed by atoms with Gasteiger partial charge in [-0.1, -0.05) is 41.9 Å². The zero-order chi connectivity index (χ0) is 13.9. The van der Waals surface area contributed by atoms with E-state index >= 15 is 0 Å². The number of amides is 1. The zero-order valence-corrected chi connectivity index (χ0v) is 13.0. The van der Waals surface area contributed by atoms with Crippen LogP contribution in [0.15, 0.2) is 28.7 Å². The van der Waals surface area contributed by atoms with Crippen molar-refractivity contribution in [2.75, 3.05) is 13.2 Å². The zero-order valence-electron chi connectivity index (χ0n) is 11.4. The summed E-state index contributed by atoms with van der Waals surface area (Å²) >= 11 is 3.50. The second kappa shape index (κ2) is 6.06. The molecule has 0 radical (unpaired) electrons. The van der Waals surface area contributed by atoms with Crippen LogP contribution in [0.25, 0.3) is 0 Å². The van der Waals surface area contributed by atoms with Gasteiger partial charge >= 0.3 is 0 Å². The topological polar surface area (TPSA) is 38.3 Å². The molecule has 2 rings (SSSR count). The van der Waals surface area contributed by atoms with Crippen molar-refractivity contribution in [1.82, 2.24) is 5.32 Å². The lowest BCUT2D eigenvalue weighted by molar-refractivity contribution is -0.127. The predicted molar refractivity (Wildman–Crippen MR) is 78.9 cm³/mol. The standard InChI is InChI=1S/C15H20BrNO2/c1-11(2)14(18)17-15(6-8-19-9-7-15)12-4-3-5-13(16)10-12/h3-5,10-11H,6-9H2,1-2H3,(H,17,18). The quantitative estimate of drug-likeness (QED) is 0.926. The number of hydrogen-bond acceptors (Lipinski definition) is 2. The molecule has 1 aromatic rings. The molecule has 0 atom stereocenters. The predicted octanol–water partition coefficient (Wildman–Crippen LogP) is 3.23. The van der Waals surface area contributed by atoms with Crippen molar-refractivity contribution >= 4 is 21.8 Å². The number of benzene rings is 1. The van der Waals surface area contributed by atoms with Crippen LogP contribution in [-0.2, 0) is 15.1 Å². The van der Waals surface area contributed by atoms with Gasteiger partial charge in [0.2, 0.25) is 5.91 Å². The molecule has 1 heterocycles. The van der Waals surface area contributed by atoms with E-state index in [9.17, 15) is 4.79 Å².